The zero-order valence-corrected chi connectivity index (χ0v) is 10.4. The Hall–Kier alpha value is -2.24. The summed E-state index contributed by atoms with van der Waals surface area (Å²) in [6, 6.07) is 4.67. The average Bonchev–Trinajstić information content (AvgIpc) is 2.30. The molecule has 0 aliphatic rings. The van der Waals surface area contributed by atoms with Crippen LogP contribution in [0.2, 0.25) is 0 Å². The first-order valence-electron chi connectivity index (χ1n) is 5.48. The van der Waals surface area contributed by atoms with Crippen molar-refractivity contribution in [2.45, 2.75) is 6.42 Å². The lowest BCUT2D eigenvalue weighted by molar-refractivity contribution is -0.128. The van der Waals surface area contributed by atoms with Crippen molar-refractivity contribution >= 4 is 23.3 Å². The highest BCUT2D eigenvalue weighted by Crippen LogP contribution is 2.17. The molecule has 1 aromatic rings. The molecule has 1 rings (SSSR count). The first-order chi connectivity index (χ1) is 8.41. The van der Waals surface area contributed by atoms with Crippen molar-refractivity contribution in [3.8, 4) is 0 Å². The number of nitrogens with two attached hydrogens (primary N) is 1. The van der Waals surface area contributed by atoms with Crippen molar-refractivity contribution in [1.82, 2.24) is 4.90 Å². The summed E-state index contributed by atoms with van der Waals surface area (Å²) < 4.78 is 0. The smallest absolute Gasteiger partial charge is 0.337 e. The van der Waals surface area contributed by atoms with E-state index in [1.807, 2.05) is 0 Å². The molecule has 0 heterocycles. The topological polar surface area (TPSA) is 95.7 Å². The van der Waals surface area contributed by atoms with Gasteiger partial charge in [0, 0.05) is 38.4 Å². The highest BCUT2D eigenvalue weighted by atomic mass is 16.4. The average molecular weight is 251 g/mol. The van der Waals surface area contributed by atoms with E-state index in [1.165, 1.54) is 17.0 Å². The number of carboxylic acids is 1. The van der Waals surface area contributed by atoms with Gasteiger partial charge < -0.3 is 21.1 Å². The van der Waals surface area contributed by atoms with E-state index in [-0.39, 0.29) is 17.2 Å². The molecular weight excluding hydrogens is 234 g/mol. The molecule has 0 spiro atoms. The molecule has 1 aromatic carbocycles. The van der Waals surface area contributed by atoms with Gasteiger partial charge in [0.15, 0.2) is 0 Å². The van der Waals surface area contributed by atoms with Crippen molar-refractivity contribution in [3.05, 3.63) is 23.8 Å². The van der Waals surface area contributed by atoms with Crippen molar-refractivity contribution < 1.29 is 14.7 Å². The molecule has 0 saturated heterocycles. The summed E-state index contributed by atoms with van der Waals surface area (Å²) in [5.74, 6) is -1.06. The molecule has 0 radical (unpaired) electrons. The molecule has 0 aliphatic heterocycles. The van der Waals surface area contributed by atoms with E-state index in [0.29, 0.717) is 18.7 Å². The van der Waals surface area contributed by atoms with Crippen LogP contribution in [0.15, 0.2) is 18.2 Å². The first-order valence-corrected chi connectivity index (χ1v) is 5.48. The van der Waals surface area contributed by atoms with Crippen LogP contribution in [-0.2, 0) is 4.79 Å². The van der Waals surface area contributed by atoms with Gasteiger partial charge in [-0.25, -0.2) is 4.79 Å². The first kappa shape index (κ1) is 13.8. The summed E-state index contributed by atoms with van der Waals surface area (Å²) in [5.41, 5.74) is 6.44. The number of aromatic carboxylic acids is 1. The second-order valence-corrected chi connectivity index (χ2v) is 4.07. The third-order valence-electron chi connectivity index (χ3n) is 2.45. The largest absolute Gasteiger partial charge is 0.478 e. The van der Waals surface area contributed by atoms with Crippen molar-refractivity contribution in [1.29, 1.82) is 0 Å². The number of nitrogens with one attached hydrogen (secondary N) is 1. The monoisotopic (exact) mass is 251 g/mol. The molecular formula is C12H17N3O3. The Morgan fingerprint density at radius 2 is 2.06 bits per heavy atom. The molecule has 0 fully saturated rings. The minimum atomic E-state index is -1.07. The van der Waals surface area contributed by atoms with Crippen LogP contribution in [-0.4, -0.2) is 42.5 Å². The zero-order chi connectivity index (χ0) is 13.7. The van der Waals surface area contributed by atoms with E-state index in [4.69, 9.17) is 10.8 Å². The number of nitrogen functional groups attached to an aromatic ring is 1. The Balaban J connectivity index is 2.61. The van der Waals surface area contributed by atoms with E-state index in [9.17, 15) is 9.59 Å². The number of carbonyl (C=O) groups is 2. The van der Waals surface area contributed by atoms with Crippen LogP contribution in [0.25, 0.3) is 0 Å². The number of anilines is 2. The molecule has 0 saturated carbocycles. The Bertz CT molecular complexity index is 458. The lowest BCUT2D eigenvalue weighted by atomic mass is 10.1. The number of hydrogen-bond acceptors (Lipinski definition) is 4. The SMILES string of the molecule is CN(C)C(=O)CCNc1ccc(N)c(C(=O)O)c1. The molecule has 4 N–H and O–H groups in total. The van der Waals surface area contributed by atoms with Gasteiger partial charge in [-0.2, -0.15) is 0 Å². The number of nitrogens with zero attached hydrogens (tertiary/aromatic N) is 1. The van der Waals surface area contributed by atoms with E-state index >= 15 is 0 Å². The van der Waals surface area contributed by atoms with Crippen molar-refractivity contribution in [3.63, 3.8) is 0 Å². The molecule has 0 atom stereocenters. The maximum absolute atomic E-state index is 11.3. The second-order valence-electron chi connectivity index (χ2n) is 4.07. The lowest BCUT2D eigenvalue weighted by Crippen LogP contribution is -2.23. The third kappa shape index (κ3) is 3.65. The quantitative estimate of drug-likeness (QED) is 0.674. The Kier molecular flexibility index (Phi) is 4.53. The van der Waals surface area contributed by atoms with Gasteiger partial charge in [-0.3, -0.25) is 4.79 Å². The second kappa shape index (κ2) is 5.90. The predicted molar refractivity (Wildman–Crippen MR) is 69.6 cm³/mol. The van der Waals surface area contributed by atoms with Gasteiger partial charge in [0.2, 0.25) is 5.91 Å². The summed E-state index contributed by atoms with van der Waals surface area (Å²) >= 11 is 0. The number of hydrogen-bond donors (Lipinski definition) is 3. The molecule has 1 amide bonds. The standard InChI is InChI=1S/C12H17N3O3/c1-15(2)11(16)5-6-14-8-3-4-10(13)9(7-8)12(17)18/h3-4,7,14H,5-6,13H2,1-2H3,(H,17,18). The highest BCUT2D eigenvalue weighted by Gasteiger charge is 2.09. The van der Waals surface area contributed by atoms with Gasteiger partial charge in [-0.05, 0) is 18.2 Å². The fraction of sp³-hybridized carbons (Fsp3) is 0.333. The van der Waals surface area contributed by atoms with Crippen LogP contribution in [0.3, 0.4) is 0 Å². The molecule has 0 aliphatic carbocycles. The van der Waals surface area contributed by atoms with Crippen LogP contribution in [0.1, 0.15) is 16.8 Å². The number of carboxylic acid groups (broad SMARTS) is 1. The Morgan fingerprint density at radius 3 is 2.61 bits per heavy atom. The van der Waals surface area contributed by atoms with Crippen LogP contribution < -0.4 is 11.1 Å². The normalized spacial score (nSPS) is 9.89. The van der Waals surface area contributed by atoms with Crippen LogP contribution in [0.4, 0.5) is 11.4 Å². The van der Waals surface area contributed by atoms with E-state index < -0.39 is 5.97 Å². The summed E-state index contributed by atoms with van der Waals surface area (Å²) in [6.45, 7) is 0.444. The Morgan fingerprint density at radius 1 is 1.39 bits per heavy atom. The van der Waals surface area contributed by atoms with Crippen molar-refractivity contribution in [2.75, 3.05) is 31.7 Å². The number of benzene rings is 1. The van der Waals surface area contributed by atoms with E-state index in [2.05, 4.69) is 5.32 Å². The van der Waals surface area contributed by atoms with Crippen molar-refractivity contribution in [2.24, 2.45) is 0 Å². The minimum Gasteiger partial charge on any atom is -0.478 e. The molecule has 18 heavy (non-hydrogen) atoms. The van der Waals surface area contributed by atoms with Gasteiger partial charge in [0.1, 0.15) is 0 Å². The highest BCUT2D eigenvalue weighted by molar-refractivity contribution is 5.94. The molecule has 0 aromatic heterocycles. The van der Waals surface area contributed by atoms with Crippen LogP contribution in [0.5, 0.6) is 0 Å². The third-order valence-corrected chi connectivity index (χ3v) is 2.45. The van der Waals surface area contributed by atoms with Gasteiger partial charge in [0.05, 0.1) is 5.56 Å². The fourth-order valence-corrected chi connectivity index (χ4v) is 1.39. The van der Waals surface area contributed by atoms with Gasteiger partial charge in [0.25, 0.3) is 0 Å². The fourth-order valence-electron chi connectivity index (χ4n) is 1.39. The Labute approximate surface area is 105 Å². The van der Waals surface area contributed by atoms with Gasteiger partial charge >= 0.3 is 5.97 Å². The van der Waals surface area contributed by atoms with Crippen LogP contribution >= 0.6 is 0 Å². The van der Waals surface area contributed by atoms with E-state index in [1.54, 1.807) is 20.2 Å². The molecule has 0 unspecified atom stereocenters. The minimum absolute atomic E-state index is 0.0106. The molecule has 6 nitrogen and oxygen atoms in total. The molecule has 98 valence electrons. The zero-order valence-electron chi connectivity index (χ0n) is 10.4. The summed E-state index contributed by atoms with van der Waals surface area (Å²) in [4.78, 5) is 23.7. The maximum atomic E-state index is 11.3. The summed E-state index contributed by atoms with van der Waals surface area (Å²) in [6.07, 6.45) is 0.347. The molecule has 0 bridgehead atoms. The van der Waals surface area contributed by atoms with Crippen LogP contribution in [0, 0.1) is 0 Å². The number of amides is 1. The number of rotatable bonds is 5. The summed E-state index contributed by atoms with van der Waals surface area (Å²) in [5, 5.41) is 11.9. The maximum Gasteiger partial charge on any atom is 0.337 e. The van der Waals surface area contributed by atoms with Gasteiger partial charge in [-0.15, -0.1) is 0 Å². The number of carbonyl (C=O) groups excluding carboxylic acids is 1. The lowest BCUT2D eigenvalue weighted by Gasteiger charge is -2.11. The predicted octanol–water partition coefficient (Wildman–Crippen LogP) is 0.857. The van der Waals surface area contributed by atoms with Gasteiger partial charge in [-0.1, -0.05) is 0 Å². The van der Waals surface area contributed by atoms with E-state index in [0.717, 1.165) is 0 Å². The summed E-state index contributed by atoms with van der Waals surface area (Å²) in [7, 11) is 3.38. The molecule has 6 heteroatoms.